The second-order valence-corrected chi connectivity index (χ2v) is 8.12. The normalized spacial score (nSPS) is 10.8. The summed E-state index contributed by atoms with van der Waals surface area (Å²) < 4.78 is 5.82. The summed E-state index contributed by atoms with van der Waals surface area (Å²) in [6, 6.07) is 7.33. The van der Waals surface area contributed by atoms with Crippen LogP contribution >= 0.6 is 22.9 Å². The van der Waals surface area contributed by atoms with Crippen molar-refractivity contribution in [2.45, 2.75) is 20.8 Å². The Hall–Kier alpha value is -2.97. The smallest absolute Gasteiger partial charge is 0.325 e. The zero-order chi connectivity index (χ0) is 22.0. The summed E-state index contributed by atoms with van der Waals surface area (Å²) >= 11 is 7.48. The molecule has 0 bridgehead atoms. The first-order valence-electron chi connectivity index (χ1n) is 9.04. The van der Waals surface area contributed by atoms with Gasteiger partial charge in [0.2, 0.25) is 5.78 Å². The van der Waals surface area contributed by atoms with E-state index in [-0.39, 0.29) is 11.5 Å². The van der Waals surface area contributed by atoms with E-state index in [4.69, 9.17) is 16.3 Å². The quantitative estimate of drug-likeness (QED) is 0.423. The van der Waals surface area contributed by atoms with Gasteiger partial charge in [0.1, 0.15) is 11.4 Å². The number of fused-ring (bicyclic) bond motifs is 1. The van der Waals surface area contributed by atoms with Crippen LogP contribution in [0.5, 0.6) is 0 Å². The molecule has 3 aromatic rings. The maximum Gasteiger partial charge on any atom is 0.325 e. The number of thiophene rings is 1. The summed E-state index contributed by atoms with van der Waals surface area (Å²) in [6.45, 7) is 3.86. The van der Waals surface area contributed by atoms with Gasteiger partial charge in [-0.15, -0.1) is 11.3 Å². The number of aromatic amines is 1. The van der Waals surface area contributed by atoms with Crippen LogP contribution in [0, 0.1) is 13.8 Å². The maximum atomic E-state index is 12.4. The monoisotopic (exact) mass is 446 g/mol. The predicted octanol–water partition coefficient (Wildman–Crippen LogP) is 3.86. The molecule has 9 heteroatoms. The molecular formula is C21H19ClN2O5S. The molecule has 0 saturated carbocycles. The van der Waals surface area contributed by atoms with Crippen LogP contribution in [0.15, 0.2) is 24.3 Å². The van der Waals surface area contributed by atoms with E-state index in [1.807, 2.05) is 24.3 Å². The lowest BCUT2D eigenvalue weighted by Gasteiger charge is -2.06. The Bertz CT molecular complexity index is 1180. The van der Waals surface area contributed by atoms with Gasteiger partial charge in [-0.05, 0) is 32.4 Å². The number of H-pyrrole nitrogens is 1. The number of aromatic nitrogens is 1. The Morgan fingerprint density at radius 3 is 2.50 bits per heavy atom. The first kappa shape index (κ1) is 21.7. The number of hydrogen-bond acceptors (Lipinski definition) is 6. The molecule has 0 aliphatic carbocycles. The van der Waals surface area contributed by atoms with Crippen LogP contribution in [-0.2, 0) is 9.53 Å². The molecule has 0 radical (unpaired) electrons. The Morgan fingerprint density at radius 2 is 1.87 bits per heavy atom. The molecule has 156 valence electrons. The summed E-state index contributed by atoms with van der Waals surface area (Å²) in [5.74, 6) is -1.87. The van der Waals surface area contributed by atoms with Crippen molar-refractivity contribution in [1.82, 2.24) is 10.3 Å². The van der Waals surface area contributed by atoms with Crippen molar-refractivity contribution in [1.29, 1.82) is 0 Å². The second-order valence-electron chi connectivity index (χ2n) is 6.69. The molecule has 0 atom stereocenters. The lowest BCUT2D eigenvalue weighted by molar-refractivity contribution is -0.141. The highest BCUT2D eigenvalue weighted by Crippen LogP contribution is 2.34. The number of hydrogen-bond donors (Lipinski definition) is 2. The number of nitrogens with one attached hydrogen (secondary N) is 2. The van der Waals surface area contributed by atoms with Gasteiger partial charge >= 0.3 is 5.97 Å². The second kappa shape index (κ2) is 8.81. The van der Waals surface area contributed by atoms with Crippen LogP contribution < -0.4 is 5.32 Å². The minimum absolute atomic E-state index is 0.153. The molecule has 0 unspecified atom stereocenters. The SMILES string of the molecule is CC(=O)c1c(C)[nH]c(C(=O)COC(=O)CNC(=O)c2sc3ccccc3c2Cl)c1C. The molecule has 0 spiro atoms. The van der Waals surface area contributed by atoms with Crippen molar-refractivity contribution in [2.75, 3.05) is 13.2 Å². The number of aryl methyl sites for hydroxylation is 1. The molecule has 2 heterocycles. The molecule has 0 saturated heterocycles. The molecule has 0 aliphatic rings. The molecule has 0 aliphatic heterocycles. The number of esters is 1. The number of halogens is 1. The highest BCUT2D eigenvalue weighted by Gasteiger charge is 2.21. The predicted molar refractivity (Wildman–Crippen MR) is 115 cm³/mol. The summed E-state index contributed by atoms with van der Waals surface area (Å²) in [6.07, 6.45) is 0. The third-order valence-corrected chi connectivity index (χ3v) is 6.24. The van der Waals surface area contributed by atoms with Gasteiger partial charge in [0.25, 0.3) is 5.91 Å². The lowest BCUT2D eigenvalue weighted by Crippen LogP contribution is -2.31. The van der Waals surface area contributed by atoms with Gasteiger partial charge < -0.3 is 15.0 Å². The third kappa shape index (κ3) is 4.29. The van der Waals surface area contributed by atoms with Gasteiger partial charge in [0, 0.05) is 21.3 Å². The van der Waals surface area contributed by atoms with Crippen molar-refractivity contribution < 1.29 is 23.9 Å². The van der Waals surface area contributed by atoms with Gasteiger partial charge in [0.15, 0.2) is 12.4 Å². The zero-order valence-electron chi connectivity index (χ0n) is 16.6. The first-order chi connectivity index (χ1) is 14.2. The van der Waals surface area contributed by atoms with E-state index in [1.54, 1.807) is 13.8 Å². The number of ketones is 2. The maximum absolute atomic E-state index is 12.4. The average Bonchev–Trinajstić information content (AvgIpc) is 3.20. The van der Waals surface area contributed by atoms with E-state index in [9.17, 15) is 19.2 Å². The minimum Gasteiger partial charge on any atom is -0.456 e. The van der Waals surface area contributed by atoms with Crippen molar-refractivity contribution in [2.24, 2.45) is 0 Å². The van der Waals surface area contributed by atoms with Gasteiger partial charge in [-0.1, -0.05) is 29.8 Å². The van der Waals surface area contributed by atoms with Crippen molar-refractivity contribution in [3.8, 4) is 0 Å². The fourth-order valence-corrected chi connectivity index (χ4v) is 4.65. The summed E-state index contributed by atoms with van der Waals surface area (Å²) in [5.41, 5.74) is 1.79. The molecule has 0 fully saturated rings. The molecule has 2 N–H and O–H groups in total. The highest BCUT2D eigenvalue weighted by molar-refractivity contribution is 7.21. The zero-order valence-corrected chi connectivity index (χ0v) is 18.1. The number of carbonyl (C=O) groups excluding carboxylic acids is 4. The average molecular weight is 447 g/mol. The van der Waals surface area contributed by atoms with Crippen LogP contribution in [0.4, 0.5) is 0 Å². The Balaban J connectivity index is 1.56. The molecule has 2 aromatic heterocycles. The van der Waals surface area contributed by atoms with Crippen molar-refractivity contribution in [3.63, 3.8) is 0 Å². The largest absolute Gasteiger partial charge is 0.456 e. The van der Waals surface area contributed by atoms with Crippen LogP contribution in [-0.4, -0.2) is 41.6 Å². The number of amides is 1. The van der Waals surface area contributed by atoms with Crippen molar-refractivity contribution >= 4 is 56.5 Å². The third-order valence-electron chi connectivity index (χ3n) is 4.57. The number of ether oxygens (including phenoxy) is 1. The van der Waals surface area contributed by atoms with E-state index in [0.717, 1.165) is 10.1 Å². The van der Waals surface area contributed by atoms with Crippen LogP contribution in [0.25, 0.3) is 10.1 Å². The summed E-state index contributed by atoms with van der Waals surface area (Å²) in [4.78, 5) is 51.5. The molecular weight excluding hydrogens is 428 g/mol. The van der Waals surface area contributed by atoms with E-state index < -0.39 is 30.8 Å². The molecule has 1 amide bonds. The molecule has 3 rings (SSSR count). The lowest BCUT2D eigenvalue weighted by atomic mass is 10.1. The van der Waals surface area contributed by atoms with Crippen LogP contribution in [0.1, 0.15) is 48.7 Å². The summed E-state index contributed by atoms with van der Waals surface area (Å²) in [5, 5.41) is 3.55. The Morgan fingerprint density at radius 1 is 1.17 bits per heavy atom. The fourth-order valence-electron chi connectivity index (χ4n) is 3.22. The van der Waals surface area contributed by atoms with Crippen LogP contribution in [0.3, 0.4) is 0 Å². The molecule has 1 aromatic carbocycles. The summed E-state index contributed by atoms with van der Waals surface area (Å²) in [7, 11) is 0. The van der Waals surface area contributed by atoms with E-state index in [2.05, 4.69) is 10.3 Å². The Labute approximate surface area is 181 Å². The van der Waals surface area contributed by atoms with E-state index >= 15 is 0 Å². The van der Waals surface area contributed by atoms with E-state index in [0.29, 0.717) is 26.7 Å². The van der Waals surface area contributed by atoms with E-state index in [1.165, 1.54) is 18.3 Å². The number of benzene rings is 1. The first-order valence-corrected chi connectivity index (χ1v) is 10.2. The fraction of sp³-hybridized carbons (Fsp3) is 0.238. The number of carbonyl (C=O) groups is 4. The molecule has 7 nitrogen and oxygen atoms in total. The van der Waals surface area contributed by atoms with Gasteiger partial charge in [-0.2, -0.15) is 0 Å². The van der Waals surface area contributed by atoms with Gasteiger partial charge in [-0.25, -0.2) is 0 Å². The minimum atomic E-state index is -0.762. The highest BCUT2D eigenvalue weighted by atomic mass is 35.5. The number of Topliss-reactive ketones (excluding diaryl/α,β-unsaturated/α-hetero) is 2. The van der Waals surface area contributed by atoms with Gasteiger partial charge in [-0.3, -0.25) is 19.2 Å². The topological polar surface area (TPSA) is 105 Å². The standard InChI is InChI=1S/C21H19ClN2O5S/c1-10-17(12(3)25)11(2)24-19(10)14(26)9-29-16(27)8-23-21(28)20-18(22)13-6-4-5-7-15(13)30-20/h4-7,24H,8-9H2,1-3H3,(H,23,28). The van der Waals surface area contributed by atoms with Crippen LogP contribution in [0.2, 0.25) is 5.02 Å². The van der Waals surface area contributed by atoms with Crippen molar-refractivity contribution in [3.05, 3.63) is 56.7 Å². The number of rotatable bonds is 7. The van der Waals surface area contributed by atoms with Gasteiger partial charge in [0.05, 0.1) is 10.7 Å². The Kier molecular flexibility index (Phi) is 6.38. The molecule has 30 heavy (non-hydrogen) atoms.